The molecule has 1 amide bonds. The lowest BCUT2D eigenvalue weighted by Gasteiger charge is -2.18. The molecule has 0 saturated carbocycles. The first-order chi connectivity index (χ1) is 8.79. The van der Waals surface area contributed by atoms with Crippen molar-refractivity contribution in [3.63, 3.8) is 0 Å². The first-order valence-electron chi connectivity index (χ1n) is 6.86. The first-order valence-corrected chi connectivity index (χ1v) is 6.86. The van der Waals surface area contributed by atoms with Gasteiger partial charge in [-0.1, -0.05) is 25.1 Å². The summed E-state index contributed by atoms with van der Waals surface area (Å²) < 4.78 is 0. The molecule has 1 aromatic rings. The molecule has 3 nitrogen and oxygen atoms in total. The van der Waals surface area contributed by atoms with Gasteiger partial charge < -0.3 is 10.2 Å². The summed E-state index contributed by atoms with van der Waals surface area (Å²) in [5.74, 6) is 0.779. The van der Waals surface area contributed by atoms with Gasteiger partial charge >= 0.3 is 0 Å². The zero-order valence-electron chi connectivity index (χ0n) is 11.1. The molecule has 1 unspecified atom stereocenters. The van der Waals surface area contributed by atoms with Gasteiger partial charge in [-0.3, -0.25) is 4.79 Å². The first kappa shape index (κ1) is 12.9. The SMILES string of the molecule is CCCC(=O)NCC1CCN(c2ccccc2)C1. The Morgan fingerprint density at radius 3 is 2.89 bits per heavy atom. The van der Waals surface area contributed by atoms with Crippen LogP contribution in [0, 0.1) is 5.92 Å². The number of nitrogens with zero attached hydrogens (tertiary/aromatic N) is 1. The zero-order valence-corrected chi connectivity index (χ0v) is 11.1. The second kappa shape index (κ2) is 6.43. The molecule has 1 aromatic carbocycles. The summed E-state index contributed by atoms with van der Waals surface area (Å²) in [6.45, 7) is 5.00. The van der Waals surface area contributed by atoms with E-state index in [0.29, 0.717) is 12.3 Å². The van der Waals surface area contributed by atoms with Gasteiger partial charge in [0.1, 0.15) is 0 Å². The van der Waals surface area contributed by atoms with Crippen molar-refractivity contribution in [3.8, 4) is 0 Å². The lowest BCUT2D eigenvalue weighted by atomic mass is 10.1. The molecule has 1 fully saturated rings. The molecule has 2 rings (SSSR count). The topological polar surface area (TPSA) is 32.3 Å². The summed E-state index contributed by atoms with van der Waals surface area (Å²) in [4.78, 5) is 13.8. The number of nitrogens with one attached hydrogen (secondary N) is 1. The molecule has 1 heterocycles. The van der Waals surface area contributed by atoms with E-state index in [4.69, 9.17) is 0 Å². The monoisotopic (exact) mass is 246 g/mol. The Kier molecular flexibility index (Phi) is 4.62. The predicted molar refractivity (Wildman–Crippen MR) is 74.7 cm³/mol. The predicted octanol–water partition coefficient (Wildman–Crippen LogP) is 2.43. The van der Waals surface area contributed by atoms with E-state index in [9.17, 15) is 4.79 Å². The van der Waals surface area contributed by atoms with Gasteiger partial charge in [0.15, 0.2) is 0 Å². The van der Waals surface area contributed by atoms with Crippen LogP contribution in [-0.4, -0.2) is 25.5 Å². The summed E-state index contributed by atoms with van der Waals surface area (Å²) in [5.41, 5.74) is 1.29. The fourth-order valence-corrected chi connectivity index (χ4v) is 2.45. The molecular weight excluding hydrogens is 224 g/mol. The van der Waals surface area contributed by atoms with Crippen molar-refractivity contribution >= 4 is 11.6 Å². The van der Waals surface area contributed by atoms with Crippen molar-refractivity contribution in [2.75, 3.05) is 24.5 Å². The van der Waals surface area contributed by atoms with E-state index in [-0.39, 0.29) is 5.91 Å². The number of anilines is 1. The number of amides is 1. The van der Waals surface area contributed by atoms with E-state index in [1.54, 1.807) is 0 Å². The lowest BCUT2D eigenvalue weighted by Crippen LogP contribution is -2.30. The number of rotatable bonds is 5. The summed E-state index contributed by atoms with van der Waals surface area (Å²) in [6.07, 6.45) is 2.74. The zero-order chi connectivity index (χ0) is 12.8. The Bertz CT molecular complexity index is 377. The molecule has 0 aromatic heterocycles. The van der Waals surface area contributed by atoms with Crippen LogP contribution >= 0.6 is 0 Å². The molecule has 18 heavy (non-hydrogen) atoms. The van der Waals surface area contributed by atoms with Crippen molar-refractivity contribution in [2.24, 2.45) is 5.92 Å². The summed E-state index contributed by atoms with van der Waals surface area (Å²) in [5, 5.41) is 3.03. The third-order valence-electron chi connectivity index (χ3n) is 3.47. The summed E-state index contributed by atoms with van der Waals surface area (Å²) >= 11 is 0. The van der Waals surface area contributed by atoms with Crippen LogP contribution in [0.1, 0.15) is 26.2 Å². The average molecular weight is 246 g/mol. The molecule has 0 aliphatic carbocycles. The van der Waals surface area contributed by atoms with Gasteiger partial charge in [-0.25, -0.2) is 0 Å². The smallest absolute Gasteiger partial charge is 0.219 e. The highest BCUT2D eigenvalue weighted by molar-refractivity contribution is 5.75. The molecule has 3 heteroatoms. The van der Waals surface area contributed by atoms with Crippen LogP contribution in [0.3, 0.4) is 0 Å². The molecule has 1 saturated heterocycles. The molecule has 0 bridgehead atoms. The van der Waals surface area contributed by atoms with Gasteiger partial charge in [0.05, 0.1) is 0 Å². The van der Waals surface area contributed by atoms with Gasteiger partial charge in [0.25, 0.3) is 0 Å². The lowest BCUT2D eigenvalue weighted by molar-refractivity contribution is -0.121. The van der Waals surface area contributed by atoms with Gasteiger partial charge in [-0.15, -0.1) is 0 Å². The highest BCUT2D eigenvalue weighted by Crippen LogP contribution is 2.22. The molecule has 0 radical (unpaired) electrons. The van der Waals surface area contributed by atoms with Crippen LogP contribution in [0.5, 0.6) is 0 Å². The van der Waals surface area contributed by atoms with E-state index in [0.717, 1.165) is 26.1 Å². The molecule has 1 aliphatic rings. The van der Waals surface area contributed by atoms with Gasteiger partial charge in [-0.2, -0.15) is 0 Å². The van der Waals surface area contributed by atoms with E-state index in [1.807, 2.05) is 13.0 Å². The maximum atomic E-state index is 11.4. The average Bonchev–Trinajstić information content (AvgIpc) is 2.87. The van der Waals surface area contributed by atoms with Crippen LogP contribution in [0.2, 0.25) is 0 Å². The number of carbonyl (C=O) groups excluding carboxylic acids is 1. The number of benzene rings is 1. The van der Waals surface area contributed by atoms with Crippen LogP contribution < -0.4 is 10.2 Å². The van der Waals surface area contributed by atoms with Crippen molar-refractivity contribution in [3.05, 3.63) is 30.3 Å². The third-order valence-corrected chi connectivity index (χ3v) is 3.47. The maximum Gasteiger partial charge on any atom is 0.219 e. The standard InChI is InChI=1S/C15H22N2O/c1-2-6-15(18)16-11-13-9-10-17(12-13)14-7-4-3-5-8-14/h3-5,7-8,13H,2,6,9-12H2,1H3,(H,16,18). The Morgan fingerprint density at radius 1 is 1.39 bits per heavy atom. The van der Waals surface area contributed by atoms with E-state index < -0.39 is 0 Å². The number of carbonyl (C=O) groups is 1. The van der Waals surface area contributed by atoms with E-state index >= 15 is 0 Å². The van der Waals surface area contributed by atoms with Crippen LogP contribution in [0.4, 0.5) is 5.69 Å². The molecule has 1 N–H and O–H groups in total. The fraction of sp³-hybridized carbons (Fsp3) is 0.533. The number of hydrogen-bond acceptors (Lipinski definition) is 2. The van der Waals surface area contributed by atoms with Crippen molar-refractivity contribution in [1.29, 1.82) is 0 Å². The minimum Gasteiger partial charge on any atom is -0.371 e. The molecule has 98 valence electrons. The minimum atomic E-state index is 0.190. The summed E-state index contributed by atoms with van der Waals surface area (Å²) in [6, 6.07) is 10.5. The van der Waals surface area contributed by atoms with Crippen LogP contribution in [0.15, 0.2) is 30.3 Å². The summed E-state index contributed by atoms with van der Waals surface area (Å²) in [7, 11) is 0. The van der Waals surface area contributed by atoms with Gasteiger partial charge in [-0.05, 0) is 30.9 Å². The van der Waals surface area contributed by atoms with Crippen molar-refractivity contribution in [2.45, 2.75) is 26.2 Å². The second-order valence-electron chi connectivity index (χ2n) is 4.99. The van der Waals surface area contributed by atoms with Gasteiger partial charge in [0.2, 0.25) is 5.91 Å². The highest BCUT2D eigenvalue weighted by Gasteiger charge is 2.22. The van der Waals surface area contributed by atoms with Crippen molar-refractivity contribution < 1.29 is 4.79 Å². The van der Waals surface area contributed by atoms with Crippen LogP contribution in [-0.2, 0) is 4.79 Å². The van der Waals surface area contributed by atoms with Gasteiger partial charge in [0, 0.05) is 31.7 Å². The third kappa shape index (κ3) is 3.49. The molecule has 1 atom stereocenters. The minimum absolute atomic E-state index is 0.190. The van der Waals surface area contributed by atoms with Crippen molar-refractivity contribution in [1.82, 2.24) is 5.32 Å². The normalized spacial score (nSPS) is 18.9. The quantitative estimate of drug-likeness (QED) is 0.865. The van der Waals surface area contributed by atoms with E-state index in [1.165, 1.54) is 12.1 Å². The number of hydrogen-bond donors (Lipinski definition) is 1. The Labute approximate surface area is 109 Å². The molecule has 1 aliphatic heterocycles. The highest BCUT2D eigenvalue weighted by atomic mass is 16.1. The molecular formula is C15H22N2O. The van der Waals surface area contributed by atoms with E-state index in [2.05, 4.69) is 34.5 Å². The largest absolute Gasteiger partial charge is 0.371 e. The Hall–Kier alpha value is -1.51. The number of para-hydroxylation sites is 1. The second-order valence-corrected chi connectivity index (χ2v) is 4.99. The Morgan fingerprint density at radius 2 is 2.17 bits per heavy atom. The Balaban J connectivity index is 1.77. The maximum absolute atomic E-state index is 11.4. The fourth-order valence-electron chi connectivity index (χ4n) is 2.45. The van der Waals surface area contributed by atoms with Crippen LogP contribution in [0.25, 0.3) is 0 Å². The molecule has 0 spiro atoms.